The third-order valence-corrected chi connectivity index (χ3v) is 4.80. The van der Waals surface area contributed by atoms with Crippen molar-refractivity contribution in [1.82, 2.24) is 16.0 Å². The minimum atomic E-state index is -0.157. The molecular weight excluding hydrogens is 394 g/mol. The number of benzene rings is 1. The molecule has 0 aliphatic carbocycles. The van der Waals surface area contributed by atoms with Gasteiger partial charge in [0.15, 0.2) is 0 Å². The predicted octanol–water partition coefficient (Wildman–Crippen LogP) is 2.50. The Hall–Kier alpha value is -1.11. The number of piperidine rings is 1. The third kappa shape index (κ3) is 6.79. The van der Waals surface area contributed by atoms with E-state index in [9.17, 15) is 9.59 Å². The second kappa shape index (κ2) is 10.0. The van der Waals surface area contributed by atoms with Crippen LogP contribution in [0.3, 0.4) is 0 Å². The molecule has 0 atom stereocenters. The van der Waals surface area contributed by atoms with Crippen molar-refractivity contribution in [1.29, 1.82) is 0 Å². The van der Waals surface area contributed by atoms with Crippen LogP contribution >= 0.6 is 28.3 Å². The maximum atomic E-state index is 11.9. The Labute approximate surface area is 157 Å². The standard InChI is InChI=1S/C17H24BrN3O2.ClH/c1-17(7-10-19-11-8-17)12-21-15(22)6-9-20-16(23)13-2-4-14(18)5-3-13;/h2-5,19H,6-12H2,1H3,(H,20,23)(H,21,22);1H. The molecule has 7 heteroatoms. The van der Waals surface area contributed by atoms with Crippen LogP contribution < -0.4 is 16.0 Å². The van der Waals surface area contributed by atoms with Crippen LogP contribution in [0.15, 0.2) is 28.7 Å². The van der Waals surface area contributed by atoms with Crippen LogP contribution in [0.2, 0.25) is 0 Å². The maximum Gasteiger partial charge on any atom is 0.251 e. The lowest BCUT2D eigenvalue weighted by Gasteiger charge is -2.34. The molecule has 3 N–H and O–H groups in total. The quantitative estimate of drug-likeness (QED) is 0.665. The van der Waals surface area contributed by atoms with E-state index < -0.39 is 0 Å². The Bertz CT molecular complexity index is 545. The average molecular weight is 419 g/mol. The normalized spacial score (nSPS) is 15.9. The average Bonchev–Trinajstić information content (AvgIpc) is 2.54. The smallest absolute Gasteiger partial charge is 0.251 e. The summed E-state index contributed by atoms with van der Waals surface area (Å²) < 4.78 is 0.930. The van der Waals surface area contributed by atoms with Crippen LogP contribution in [-0.4, -0.2) is 38.0 Å². The highest BCUT2D eigenvalue weighted by Gasteiger charge is 2.26. The summed E-state index contributed by atoms with van der Waals surface area (Å²) in [4.78, 5) is 23.8. The van der Waals surface area contributed by atoms with E-state index in [4.69, 9.17) is 0 Å². The largest absolute Gasteiger partial charge is 0.355 e. The molecule has 0 unspecified atom stereocenters. The number of halogens is 2. The van der Waals surface area contributed by atoms with Gasteiger partial charge in [0.2, 0.25) is 5.91 Å². The van der Waals surface area contributed by atoms with Crippen molar-refractivity contribution in [2.24, 2.45) is 5.41 Å². The van der Waals surface area contributed by atoms with Crippen molar-refractivity contribution in [3.05, 3.63) is 34.3 Å². The van der Waals surface area contributed by atoms with Crippen LogP contribution in [-0.2, 0) is 4.79 Å². The van der Waals surface area contributed by atoms with Gasteiger partial charge in [0.05, 0.1) is 0 Å². The van der Waals surface area contributed by atoms with E-state index >= 15 is 0 Å². The highest BCUT2D eigenvalue weighted by atomic mass is 79.9. The zero-order chi connectivity index (χ0) is 16.7. The summed E-state index contributed by atoms with van der Waals surface area (Å²) in [5.74, 6) is -0.170. The molecule has 1 aliphatic rings. The highest BCUT2D eigenvalue weighted by molar-refractivity contribution is 9.10. The van der Waals surface area contributed by atoms with Gasteiger partial charge in [0.1, 0.15) is 0 Å². The second-order valence-electron chi connectivity index (χ2n) is 6.35. The molecule has 1 aliphatic heterocycles. The Morgan fingerprint density at radius 2 is 1.79 bits per heavy atom. The predicted molar refractivity (Wildman–Crippen MR) is 102 cm³/mol. The topological polar surface area (TPSA) is 70.2 Å². The summed E-state index contributed by atoms with van der Waals surface area (Å²) in [6.45, 7) is 5.28. The molecule has 1 aromatic carbocycles. The van der Waals surface area contributed by atoms with Gasteiger partial charge in [-0.05, 0) is 55.6 Å². The van der Waals surface area contributed by atoms with Gasteiger partial charge in [-0.1, -0.05) is 22.9 Å². The van der Waals surface area contributed by atoms with Gasteiger partial charge >= 0.3 is 0 Å². The lowest BCUT2D eigenvalue weighted by atomic mass is 9.81. The first-order valence-electron chi connectivity index (χ1n) is 8.00. The fraction of sp³-hybridized carbons (Fsp3) is 0.529. The molecule has 24 heavy (non-hydrogen) atoms. The maximum absolute atomic E-state index is 11.9. The van der Waals surface area contributed by atoms with Gasteiger partial charge in [0, 0.05) is 29.5 Å². The van der Waals surface area contributed by atoms with Gasteiger partial charge in [-0.2, -0.15) is 0 Å². The summed E-state index contributed by atoms with van der Waals surface area (Å²) in [6.07, 6.45) is 2.46. The van der Waals surface area contributed by atoms with Crippen LogP contribution in [0.1, 0.15) is 36.5 Å². The first-order valence-corrected chi connectivity index (χ1v) is 8.79. The summed E-state index contributed by atoms with van der Waals surface area (Å²) >= 11 is 3.33. The molecule has 1 fully saturated rings. The van der Waals surface area contributed by atoms with Crippen molar-refractivity contribution in [3.8, 4) is 0 Å². The summed E-state index contributed by atoms with van der Waals surface area (Å²) in [5.41, 5.74) is 0.775. The van der Waals surface area contributed by atoms with Gasteiger partial charge < -0.3 is 16.0 Å². The number of rotatable bonds is 6. The highest BCUT2D eigenvalue weighted by Crippen LogP contribution is 2.26. The Morgan fingerprint density at radius 3 is 2.42 bits per heavy atom. The van der Waals surface area contributed by atoms with Gasteiger partial charge in [-0.15, -0.1) is 12.4 Å². The monoisotopic (exact) mass is 417 g/mol. The van der Waals surface area contributed by atoms with Crippen LogP contribution in [0.5, 0.6) is 0 Å². The molecule has 134 valence electrons. The molecule has 2 amide bonds. The first-order chi connectivity index (χ1) is 11.0. The Kier molecular flexibility index (Phi) is 8.73. The lowest BCUT2D eigenvalue weighted by Crippen LogP contribution is -2.43. The zero-order valence-corrected chi connectivity index (χ0v) is 16.3. The second-order valence-corrected chi connectivity index (χ2v) is 7.27. The van der Waals surface area contributed by atoms with Crippen molar-refractivity contribution < 1.29 is 9.59 Å². The minimum absolute atomic E-state index is 0. The van der Waals surface area contributed by atoms with Crippen LogP contribution in [0, 0.1) is 5.41 Å². The zero-order valence-electron chi connectivity index (χ0n) is 13.9. The minimum Gasteiger partial charge on any atom is -0.355 e. The Morgan fingerprint density at radius 1 is 1.17 bits per heavy atom. The Balaban J connectivity index is 0.00000288. The fourth-order valence-corrected chi connectivity index (χ4v) is 2.86. The fourth-order valence-electron chi connectivity index (χ4n) is 2.60. The van der Waals surface area contributed by atoms with Crippen molar-refractivity contribution in [2.75, 3.05) is 26.2 Å². The van der Waals surface area contributed by atoms with Crippen molar-refractivity contribution >= 4 is 40.2 Å². The van der Waals surface area contributed by atoms with E-state index in [0.29, 0.717) is 25.1 Å². The van der Waals surface area contributed by atoms with E-state index in [0.717, 1.165) is 30.4 Å². The molecule has 1 heterocycles. The van der Waals surface area contributed by atoms with E-state index in [1.165, 1.54) is 0 Å². The number of hydrogen-bond acceptors (Lipinski definition) is 3. The molecule has 0 aromatic heterocycles. The third-order valence-electron chi connectivity index (χ3n) is 4.27. The number of nitrogens with one attached hydrogen (secondary N) is 3. The molecule has 0 saturated carbocycles. The van der Waals surface area contributed by atoms with E-state index in [2.05, 4.69) is 38.8 Å². The molecular formula is C17H25BrClN3O2. The number of hydrogen-bond donors (Lipinski definition) is 3. The number of carbonyl (C=O) groups is 2. The van der Waals surface area contributed by atoms with Crippen molar-refractivity contribution in [3.63, 3.8) is 0 Å². The molecule has 1 saturated heterocycles. The SMILES string of the molecule is CC1(CNC(=O)CCNC(=O)c2ccc(Br)cc2)CCNCC1.Cl. The lowest BCUT2D eigenvalue weighted by molar-refractivity contribution is -0.121. The molecule has 5 nitrogen and oxygen atoms in total. The molecule has 2 rings (SSSR count). The summed E-state index contributed by atoms with van der Waals surface area (Å²) in [7, 11) is 0. The van der Waals surface area contributed by atoms with Gasteiger partial charge in [-0.25, -0.2) is 0 Å². The number of amides is 2. The van der Waals surface area contributed by atoms with Crippen LogP contribution in [0.25, 0.3) is 0 Å². The first kappa shape index (κ1) is 20.9. The summed E-state index contributed by atoms with van der Waals surface area (Å²) in [5, 5.41) is 9.09. The van der Waals surface area contributed by atoms with Crippen molar-refractivity contribution in [2.45, 2.75) is 26.2 Å². The molecule has 1 aromatic rings. The molecule has 0 spiro atoms. The van der Waals surface area contributed by atoms with E-state index in [1.807, 2.05) is 12.1 Å². The van der Waals surface area contributed by atoms with E-state index in [-0.39, 0.29) is 29.6 Å². The molecule has 0 radical (unpaired) electrons. The van der Waals surface area contributed by atoms with Crippen LogP contribution in [0.4, 0.5) is 0 Å². The van der Waals surface area contributed by atoms with Gasteiger partial charge in [-0.3, -0.25) is 9.59 Å². The van der Waals surface area contributed by atoms with E-state index in [1.54, 1.807) is 12.1 Å². The van der Waals surface area contributed by atoms with Gasteiger partial charge in [0.25, 0.3) is 5.91 Å². The number of carbonyl (C=O) groups excluding carboxylic acids is 2. The summed E-state index contributed by atoms with van der Waals surface area (Å²) in [6, 6.07) is 7.14. The molecule has 0 bridgehead atoms.